The summed E-state index contributed by atoms with van der Waals surface area (Å²) in [5.74, 6) is 0. The molecule has 0 saturated heterocycles. The van der Waals surface area contributed by atoms with Gasteiger partial charge in [-0.15, -0.1) is 11.3 Å². The number of hydrogen-bond donors (Lipinski definition) is 0. The summed E-state index contributed by atoms with van der Waals surface area (Å²) in [4.78, 5) is 4.14. The van der Waals surface area contributed by atoms with Crippen LogP contribution < -0.4 is 0 Å². The van der Waals surface area contributed by atoms with E-state index in [0.29, 0.717) is 0 Å². The van der Waals surface area contributed by atoms with Crippen LogP contribution >= 0.6 is 11.3 Å². The van der Waals surface area contributed by atoms with E-state index in [1.54, 1.807) is 11.3 Å². The summed E-state index contributed by atoms with van der Waals surface area (Å²) in [7, 11) is 0. The lowest BCUT2D eigenvalue weighted by Crippen LogP contribution is -1.61. The molecule has 0 fully saturated rings. The van der Waals surface area contributed by atoms with Gasteiger partial charge in [-0.2, -0.15) is 0 Å². The molecule has 0 spiro atoms. The molecule has 2 nitrogen and oxygen atoms in total. The van der Waals surface area contributed by atoms with Gasteiger partial charge in [-0.05, 0) is 12.1 Å². The van der Waals surface area contributed by atoms with Crippen molar-refractivity contribution in [3.63, 3.8) is 0 Å². The Morgan fingerprint density at radius 2 is 2.00 bits per heavy atom. The molecule has 52 valence electrons. The summed E-state index contributed by atoms with van der Waals surface area (Å²) in [6.45, 7) is 0. The molecule has 0 aliphatic heterocycles. The predicted molar refractivity (Wildman–Crippen MR) is 41.6 cm³/mol. The number of benzene rings is 1. The van der Waals surface area contributed by atoms with Crippen molar-refractivity contribution in [1.29, 1.82) is 0 Å². The van der Waals surface area contributed by atoms with Crippen molar-refractivity contribution >= 4 is 21.6 Å². The normalized spacial score (nSPS) is 9.20. The molecule has 1 N–H and O–H groups in total. The maximum atomic E-state index is 4.14. The van der Waals surface area contributed by atoms with E-state index in [2.05, 4.69) is 11.1 Å². The minimum absolute atomic E-state index is 0. The summed E-state index contributed by atoms with van der Waals surface area (Å²) in [5, 5.41) is 0. The molecule has 0 aliphatic rings. The molecule has 2 aromatic rings. The van der Waals surface area contributed by atoms with Crippen molar-refractivity contribution in [3.8, 4) is 0 Å². The molecule has 2 rings (SSSR count). The van der Waals surface area contributed by atoms with Gasteiger partial charge in [0.25, 0.3) is 0 Å². The van der Waals surface area contributed by atoms with Gasteiger partial charge >= 0.3 is 0 Å². The molecule has 0 bridgehead atoms. The maximum absolute atomic E-state index is 4.14. The van der Waals surface area contributed by atoms with Gasteiger partial charge in [-0.1, -0.05) is 12.1 Å². The van der Waals surface area contributed by atoms with Gasteiger partial charge < -0.3 is 5.48 Å². The monoisotopic (exact) mass is 152 g/mol. The summed E-state index contributed by atoms with van der Waals surface area (Å²) < 4.78 is 1.26. The Hall–Kier alpha value is -0.930. The fourth-order valence-electron chi connectivity index (χ4n) is 0.803. The standard InChI is InChI=1S/C7H5NS.H2O/c1-2-4-7-6(3-1)8-5-9-7;/h1-5H;1H2/p-1. The Morgan fingerprint density at radius 1 is 1.20 bits per heavy atom. The summed E-state index contributed by atoms with van der Waals surface area (Å²) in [5.41, 5.74) is 2.97. The third kappa shape index (κ3) is 1.01. The van der Waals surface area contributed by atoms with E-state index in [0.717, 1.165) is 5.52 Å². The summed E-state index contributed by atoms with van der Waals surface area (Å²) in [6.07, 6.45) is 0. The lowest BCUT2D eigenvalue weighted by molar-refractivity contribution is 0.824. The molecule has 0 unspecified atom stereocenters. The second kappa shape index (κ2) is 2.77. The number of rotatable bonds is 0. The average Bonchev–Trinajstić information content (AvgIpc) is 2.33. The number of fused-ring (bicyclic) bond motifs is 1. The third-order valence-corrected chi connectivity index (χ3v) is 2.05. The summed E-state index contributed by atoms with van der Waals surface area (Å²) in [6, 6.07) is 8.13. The zero-order valence-corrected chi connectivity index (χ0v) is 6.01. The zero-order chi connectivity index (χ0) is 6.10. The van der Waals surface area contributed by atoms with Crippen LogP contribution in [0.4, 0.5) is 0 Å². The Bertz CT molecular complexity index is 288. The van der Waals surface area contributed by atoms with Crippen LogP contribution in [0.2, 0.25) is 0 Å². The quantitative estimate of drug-likeness (QED) is 0.580. The lowest BCUT2D eigenvalue weighted by atomic mass is 10.3. The van der Waals surface area contributed by atoms with Crippen molar-refractivity contribution in [2.45, 2.75) is 0 Å². The van der Waals surface area contributed by atoms with Gasteiger partial charge in [-0.3, -0.25) is 0 Å². The van der Waals surface area contributed by atoms with Gasteiger partial charge in [0, 0.05) is 0 Å². The molecule has 1 heterocycles. The third-order valence-electron chi connectivity index (χ3n) is 1.24. The van der Waals surface area contributed by atoms with Crippen LogP contribution in [-0.2, 0) is 0 Å². The molecule has 0 saturated carbocycles. The minimum Gasteiger partial charge on any atom is -0.870 e. The van der Waals surface area contributed by atoms with E-state index < -0.39 is 0 Å². The van der Waals surface area contributed by atoms with Crippen LogP contribution in [0.3, 0.4) is 0 Å². The molecule has 0 atom stereocenters. The van der Waals surface area contributed by atoms with Crippen LogP contribution in [0.25, 0.3) is 10.2 Å². The number of nitrogens with zero attached hydrogens (tertiary/aromatic N) is 1. The van der Waals surface area contributed by atoms with Gasteiger partial charge in [0.15, 0.2) is 0 Å². The molecule has 3 heteroatoms. The van der Waals surface area contributed by atoms with Crippen LogP contribution in [0, 0.1) is 0 Å². The largest absolute Gasteiger partial charge is 0.870 e. The van der Waals surface area contributed by atoms with Gasteiger partial charge in [0.1, 0.15) is 0 Å². The smallest absolute Gasteiger partial charge is 0.0812 e. The van der Waals surface area contributed by atoms with Gasteiger partial charge in [0.05, 0.1) is 15.7 Å². The Balaban J connectivity index is 0.000000500. The number of para-hydroxylation sites is 1. The molecule has 0 radical (unpaired) electrons. The fourth-order valence-corrected chi connectivity index (χ4v) is 1.48. The van der Waals surface area contributed by atoms with Crippen molar-refractivity contribution in [3.05, 3.63) is 29.8 Å². The highest BCUT2D eigenvalue weighted by Gasteiger charge is 1.89. The van der Waals surface area contributed by atoms with E-state index in [4.69, 9.17) is 0 Å². The van der Waals surface area contributed by atoms with Crippen LogP contribution in [0.1, 0.15) is 0 Å². The van der Waals surface area contributed by atoms with E-state index in [1.165, 1.54) is 4.70 Å². The van der Waals surface area contributed by atoms with E-state index in [1.807, 2.05) is 23.7 Å². The van der Waals surface area contributed by atoms with Crippen molar-refractivity contribution in [1.82, 2.24) is 4.98 Å². The topological polar surface area (TPSA) is 42.9 Å². The second-order valence-electron chi connectivity index (χ2n) is 1.82. The van der Waals surface area contributed by atoms with Crippen molar-refractivity contribution in [2.75, 3.05) is 0 Å². The van der Waals surface area contributed by atoms with Crippen LogP contribution in [0.15, 0.2) is 29.8 Å². The molecular weight excluding hydrogens is 146 g/mol. The summed E-state index contributed by atoms with van der Waals surface area (Å²) >= 11 is 1.68. The molecule has 10 heavy (non-hydrogen) atoms. The lowest BCUT2D eigenvalue weighted by Gasteiger charge is -1.80. The SMILES string of the molecule is [OH-].c1ccc2scnc2c1. The highest BCUT2D eigenvalue weighted by molar-refractivity contribution is 7.16. The first-order valence-corrected chi connectivity index (χ1v) is 3.63. The molecule has 0 aliphatic carbocycles. The first-order chi connectivity index (χ1) is 4.47. The molecule has 1 aromatic carbocycles. The first kappa shape index (κ1) is 7.18. The van der Waals surface area contributed by atoms with Crippen LogP contribution in [0.5, 0.6) is 0 Å². The molecule has 1 aromatic heterocycles. The molecule has 0 amide bonds. The Labute approximate surface area is 62.5 Å². The van der Waals surface area contributed by atoms with Crippen molar-refractivity contribution < 1.29 is 5.48 Å². The highest BCUT2D eigenvalue weighted by atomic mass is 32.1. The minimum atomic E-state index is 0. The molecular formula is C7H6NOS-. The average molecular weight is 152 g/mol. The predicted octanol–water partition coefficient (Wildman–Crippen LogP) is 2.12. The number of aromatic nitrogens is 1. The Kier molecular flexibility index (Phi) is 1.99. The zero-order valence-electron chi connectivity index (χ0n) is 5.19. The van der Waals surface area contributed by atoms with Crippen molar-refractivity contribution in [2.24, 2.45) is 0 Å². The number of hydrogen-bond acceptors (Lipinski definition) is 3. The first-order valence-electron chi connectivity index (χ1n) is 2.75. The van der Waals surface area contributed by atoms with Crippen LogP contribution in [-0.4, -0.2) is 10.5 Å². The second-order valence-corrected chi connectivity index (χ2v) is 2.71. The maximum Gasteiger partial charge on any atom is 0.0812 e. The highest BCUT2D eigenvalue weighted by Crippen LogP contribution is 2.15. The van der Waals surface area contributed by atoms with E-state index >= 15 is 0 Å². The van der Waals surface area contributed by atoms with E-state index in [9.17, 15) is 0 Å². The fraction of sp³-hybridized carbons (Fsp3) is 0. The van der Waals surface area contributed by atoms with Gasteiger partial charge in [0.2, 0.25) is 0 Å². The Morgan fingerprint density at radius 3 is 2.80 bits per heavy atom. The van der Waals surface area contributed by atoms with E-state index in [-0.39, 0.29) is 5.48 Å². The van der Waals surface area contributed by atoms with Gasteiger partial charge in [-0.25, -0.2) is 4.98 Å². The number of thiazole rings is 1.